The molecule has 12 rings (SSSR count). The van der Waals surface area contributed by atoms with E-state index in [1.165, 1.54) is 42.1 Å². The molecule has 0 atom stereocenters. The first-order valence-electron chi connectivity index (χ1n) is 20.8. The van der Waals surface area contributed by atoms with Gasteiger partial charge in [-0.3, -0.25) is 0 Å². The average Bonchev–Trinajstić information content (AvgIpc) is 3.89. The summed E-state index contributed by atoms with van der Waals surface area (Å²) >= 11 is 1.84. The Bertz CT molecular complexity index is 3460. The number of benzene rings is 9. The van der Waals surface area contributed by atoms with Crippen LogP contribution in [0, 0.1) is 0 Å². The van der Waals surface area contributed by atoms with Gasteiger partial charge in [0.05, 0.1) is 16.7 Å². The molecule has 0 saturated heterocycles. The lowest BCUT2D eigenvalue weighted by atomic mass is 9.99. The molecule has 0 aliphatic carbocycles. The molecule has 0 aliphatic rings. The van der Waals surface area contributed by atoms with E-state index in [4.69, 9.17) is 15.0 Å². The number of hydrogen-bond acceptors (Lipinski definition) is 4. The molecule has 4 nitrogen and oxygen atoms in total. The zero-order valence-electron chi connectivity index (χ0n) is 33.5. The van der Waals surface area contributed by atoms with Crippen LogP contribution in [0.25, 0.3) is 115 Å². The van der Waals surface area contributed by atoms with Crippen LogP contribution in [-0.2, 0) is 0 Å². The van der Waals surface area contributed by atoms with Crippen molar-refractivity contribution in [2.24, 2.45) is 0 Å². The van der Waals surface area contributed by atoms with Crippen molar-refractivity contribution in [2.45, 2.75) is 0 Å². The maximum atomic E-state index is 5.34. The highest BCUT2D eigenvalue weighted by Gasteiger charge is 2.22. The van der Waals surface area contributed by atoms with Gasteiger partial charge in [0.2, 0.25) is 0 Å². The zero-order chi connectivity index (χ0) is 41.0. The molecule has 3 heterocycles. The lowest BCUT2D eigenvalue weighted by molar-refractivity contribution is 1.06. The summed E-state index contributed by atoms with van der Waals surface area (Å²) in [5.74, 6) is 1.85. The molecule has 0 radical (unpaired) electrons. The molecule has 290 valence electrons. The van der Waals surface area contributed by atoms with Crippen molar-refractivity contribution in [3.8, 4) is 73.2 Å². The van der Waals surface area contributed by atoms with Crippen LogP contribution in [0.15, 0.2) is 218 Å². The molecule has 0 spiro atoms. The molecule has 0 saturated carbocycles. The summed E-state index contributed by atoms with van der Waals surface area (Å²) in [6.45, 7) is 0. The third kappa shape index (κ3) is 6.26. The Kier molecular flexibility index (Phi) is 8.65. The minimum atomic E-state index is 0.602. The van der Waals surface area contributed by atoms with E-state index < -0.39 is 0 Å². The standard InChI is InChI=1S/C57H36N4S/c1-5-15-37(16-6-1)43-25-29-45-46-30-26-44(38-17-7-2-8-18-38)36-52(46)61(51(45)35-43)50-31-27-41(42-28-32-54-48(33-42)47-23-13-14-24-53(47)62-54)34-49(50)57-59-55(39-19-9-3-10-20-39)58-56(60-57)40-21-11-4-12-22-40/h1-36H. The highest BCUT2D eigenvalue weighted by Crippen LogP contribution is 2.42. The molecular formula is C57H36N4S. The normalized spacial score (nSPS) is 11.5. The third-order valence-electron chi connectivity index (χ3n) is 11.9. The van der Waals surface area contributed by atoms with Crippen molar-refractivity contribution < 1.29 is 0 Å². The molecule has 0 amide bonds. The molecule has 0 bridgehead atoms. The molecule has 9 aromatic carbocycles. The molecule has 62 heavy (non-hydrogen) atoms. The van der Waals surface area contributed by atoms with Crippen molar-refractivity contribution in [2.75, 3.05) is 0 Å². The maximum absolute atomic E-state index is 5.34. The lowest BCUT2D eigenvalue weighted by Gasteiger charge is -2.17. The summed E-state index contributed by atoms with van der Waals surface area (Å²) in [6.07, 6.45) is 0. The van der Waals surface area contributed by atoms with Gasteiger partial charge in [-0.1, -0.05) is 176 Å². The van der Waals surface area contributed by atoms with Gasteiger partial charge in [0.25, 0.3) is 0 Å². The number of hydrogen-bond donors (Lipinski definition) is 0. The number of thiophene rings is 1. The van der Waals surface area contributed by atoms with E-state index in [1.54, 1.807) is 0 Å². The van der Waals surface area contributed by atoms with Crippen molar-refractivity contribution in [3.05, 3.63) is 218 Å². The van der Waals surface area contributed by atoms with E-state index in [0.29, 0.717) is 17.5 Å². The van der Waals surface area contributed by atoms with Crippen LogP contribution < -0.4 is 0 Å². The molecule has 3 aromatic heterocycles. The van der Waals surface area contributed by atoms with Gasteiger partial charge in [-0.15, -0.1) is 11.3 Å². The first-order valence-corrected chi connectivity index (χ1v) is 21.7. The second-order valence-electron chi connectivity index (χ2n) is 15.6. The average molecular weight is 809 g/mol. The largest absolute Gasteiger partial charge is 0.308 e. The van der Waals surface area contributed by atoms with Gasteiger partial charge >= 0.3 is 0 Å². The Morgan fingerprint density at radius 3 is 1.31 bits per heavy atom. The number of rotatable bonds is 7. The molecule has 0 aliphatic heterocycles. The third-order valence-corrected chi connectivity index (χ3v) is 13.0. The second-order valence-corrected chi connectivity index (χ2v) is 16.7. The van der Waals surface area contributed by atoms with Crippen LogP contribution in [0.2, 0.25) is 0 Å². The number of nitrogens with zero attached hydrogens (tertiary/aromatic N) is 4. The highest BCUT2D eigenvalue weighted by molar-refractivity contribution is 7.25. The Labute approximate surface area is 362 Å². The van der Waals surface area contributed by atoms with Crippen molar-refractivity contribution in [1.82, 2.24) is 19.5 Å². The Hall–Kier alpha value is -7.99. The summed E-state index contributed by atoms with van der Waals surface area (Å²) in [5.41, 5.74) is 12.8. The molecule has 0 N–H and O–H groups in total. The SMILES string of the molecule is c1ccc(-c2ccc3c4ccc(-c5ccccc5)cc4n(-c4ccc(-c5ccc6sc7ccccc7c6c5)cc4-c4nc(-c5ccccc5)nc(-c5ccccc5)n4)c3c2)cc1. The van der Waals surface area contributed by atoms with Crippen LogP contribution in [0.5, 0.6) is 0 Å². The molecular weight excluding hydrogens is 773 g/mol. The van der Waals surface area contributed by atoms with Gasteiger partial charge in [-0.25, -0.2) is 15.0 Å². The second kappa shape index (κ2) is 14.9. The molecule has 0 fully saturated rings. The Morgan fingerprint density at radius 2 is 0.726 bits per heavy atom. The number of aromatic nitrogens is 4. The van der Waals surface area contributed by atoms with E-state index in [1.807, 2.05) is 47.7 Å². The Morgan fingerprint density at radius 1 is 0.290 bits per heavy atom. The molecule has 0 unspecified atom stereocenters. The fourth-order valence-electron chi connectivity index (χ4n) is 8.82. The van der Waals surface area contributed by atoms with Crippen molar-refractivity contribution in [1.29, 1.82) is 0 Å². The molecule has 12 aromatic rings. The fourth-order valence-corrected chi connectivity index (χ4v) is 9.91. The van der Waals surface area contributed by atoms with E-state index in [0.717, 1.165) is 55.7 Å². The Balaban J connectivity index is 1.17. The predicted molar refractivity (Wildman–Crippen MR) is 260 cm³/mol. The van der Waals surface area contributed by atoms with E-state index in [9.17, 15) is 0 Å². The van der Waals surface area contributed by atoms with Crippen LogP contribution in [0.3, 0.4) is 0 Å². The highest BCUT2D eigenvalue weighted by atomic mass is 32.1. The minimum absolute atomic E-state index is 0.602. The topological polar surface area (TPSA) is 43.6 Å². The first-order chi connectivity index (χ1) is 30.7. The number of fused-ring (bicyclic) bond motifs is 6. The fraction of sp³-hybridized carbons (Fsp3) is 0. The maximum Gasteiger partial charge on any atom is 0.166 e. The lowest BCUT2D eigenvalue weighted by Crippen LogP contribution is -2.04. The summed E-state index contributed by atoms with van der Waals surface area (Å²) in [5, 5.41) is 4.89. The van der Waals surface area contributed by atoms with Crippen molar-refractivity contribution in [3.63, 3.8) is 0 Å². The van der Waals surface area contributed by atoms with E-state index in [2.05, 4.69) is 187 Å². The molecule has 5 heteroatoms. The zero-order valence-corrected chi connectivity index (χ0v) is 34.3. The summed E-state index contributed by atoms with van der Waals surface area (Å²) in [7, 11) is 0. The quantitative estimate of drug-likeness (QED) is 0.161. The van der Waals surface area contributed by atoms with Crippen LogP contribution in [-0.4, -0.2) is 19.5 Å². The van der Waals surface area contributed by atoms with Gasteiger partial charge in [-0.2, -0.15) is 0 Å². The summed E-state index contributed by atoms with van der Waals surface area (Å²) in [6, 6.07) is 77.7. The summed E-state index contributed by atoms with van der Waals surface area (Å²) in [4.78, 5) is 15.8. The predicted octanol–water partition coefficient (Wildman–Crippen LogP) is 15.3. The van der Waals surface area contributed by atoms with E-state index >= 15 is 0 Å². The van der Waals surface area contributed by atoms with Crippen LogP contribution in [0.1, 0.15) is 0 Å². The van der Waals surface area contributed by atoms with Gasteiger partial charge in [0, 0.05) is 47.6 Å². The first kappa shape index (κ1) is 35.9. The summed E-state index contributed by atoms with van der Waals surface area (Å²) < 4.78 is 4.99. The van der Waals surface area contributed by atoms with Crippen LogP contribution in [0.4, 0.5) is 0 Å². The van der Waals surface area contributed by atoms with Crippen molar-refractivity contribution >= 4 is 53.3 Å². The van der Waals surface area contributed by atoms with Gasteiger partial charge in [0.1, 0.15) is 0 Å². The smallest absolute Gasteiger partial charge is 0.166 e. The van der Waals surface area contributed by atoms with Gasteiger partial charge in [-0.05, 0) is 75.8 Å². The van der Waals surface area contributed by atoms with E-state index in [-0.39, 0.29) is 0 Å². The minimum Gasteiger partial charge on any atom is -0.308 e. The van der Waals surface area contributed by atoms with Gasteiger partial charge in [0.15, 0.2) is 17.5 Å². The van der Waals surface area contributed by atoms with Crippen LogP contribution >= 0.6 is 11.3 Å². The monoisotopic (exact) mass is 808 g/mol. The van der Waals surface area contributed by atoms with Gasteiger partial charge < -0.3 is 4.57 Å².